The van der Waals surface area contributed by atoms with E-state index in [9.17, 15) is 23.7 Å². The fraction of sp³-hybridized carbons (Fsp3) is 0.300. The molecule has 0 heterocycles. The van der Waals surface area contributed by atoms with E-state index in [0.717, 1.165) is 7.11 Å². The van der Waals surface area contributed by atoms with Gasteiger partial charge >= 0.3 is 11.7 Å². The van der Waals surface area contributed by atoms with Crippen LogP contribution in [0.3, 0.4) is 0 Å². The molecule has 0 aromatic heterocycles. The normalized spacial score (nSPS) is 11.8. The fourth-order valence-electron chi connectivity index (χ4n) is 1.23. The summed E-state index contributed by atoms with van der Waals surface area (Å²) in [4.78, 5) is 20.8. The van der Waals surface area contributed by atoms with Crippen molar-refractivity contribution >= 4 is 27.6 Å². The topological polar surface area (TPSA) is 78.7 Å². The predicted molar refractivity (Wildman–Crippen MR) is 62.8 cm³/mol. The van der Waals surface area contributed by atoms with E-state index in [4.69, 9.17) is 4.74 Å². The van der Waals surface area contributed by atoms with Gasteiger partial charge in [-0.15, -0.1) is 0 Å². The molecular formula is C10H8BrF2NO5. The molecule has 0 bridgehead atoms. The van der Waals surface area contributed by atoms with E-state index < -0.39 is 40.1 Å². The van der Waals surface area contributed by atoms with E-state index in [1.54, 1.807) is 0 Å². The number of methoxy groups -OCH3 is 1. The number of ether oxygens (including phenoxy) is 2. The summed E-state index contributed by atoms with van der Waals surface area (Å²) in [5.41, 5.74) is -1.19. The molecule has 0 spiro atoms. The van der Waals surface area contributed by atoms with Crippen molar-refractivity contribution in [3.8, 4) is 5.75 Å². The summed E-state index contributed by atoms with van der Waals surface area (Å²) in [6.45, 7) is 1.25. The van der Waals surface area contributed by atoms with Crippen LogP contribution in [0, 0.1) is 21.7 Å². The Kier molecular flexibility index (Phi) is 4.76. The van der Waals surface area contributed by atoms with Gasteiger partial charge in [-0.1, -0.05) is 0 Å². The maximum atomic E-state index is 13.4. The molecule has 0 unspecified atom stereocenters. The van der Waals surface area contributed by atoms with Crippen molar-refractivity contribution in [1.29, 1.82) is 0 Å². The van der Waals surface area contributed by atoms with Crippen molar-refractivity contribution in [2.45, 2.75) is 13.0 Å². The average Bonchev–Trinajstić information content (AvgIpc) is 2.34. The van der Waals surface area contributed by atoms with Crippen LogP contribution in [0.25, 0.3) is 0 Å². The summed E-state index contributed by atoms with van der Waals surface area (Å²) in [6, 6.07) is 0.668. The van der Waals surface area contributed by atoms with Crippen molar-refractivity contribution in [3.63, 3.8) is 0 Å². The van der Waals surface area contributed by atoms with Gasteiger partial charge in [0.2, 0.25) is 11.6 Å². The first kappa shape index (κ1) is 15.3. The lowest BCUT2D eigenvalue weighted by atomic mass is 10.2. The van der Waals surface area contributed by atoms with Gasteiger partial charge in [-0.05, 0) is 28.9 Å². The van der Waals surface area contributed by atoms with Gasteiger partial charge in [-0.3, -0.25) is 10.1 Å². The van der Waals surface area contributed by atoms with Crippen LogP contribution in [0.15, 0.2) is 10.5 Å². The van der Waals surface area contributed by atoms with Crippen molar-refractivity contribution in [1.82, 2.24) is 0 Å². The van der Waals surface area contributed by atoms with E-state index in [-0.39, 0.29) is 4.47 Å². The predicted octanol–water partition coefficient (Wildman–Crippen LogP) is 2.58. The van der Waals surface area contributed by atoms with Gasteiger partial charge < -0.3 is 9.47 Å². The van der Waals surface area contributed by atoms with Crippen LogP contribution in [-0.4, -0.2) is 24.1 Å². The van der Waals surface area contributed by atoms with Gasteiger partial charge in [0.25, 0.3) is 0 Å². The zero-order chi connectivity index (χ0) is 14.7. The van der Waals surface area contributed by atoms with Crippen molar-refractivity contribution in [2.24, 2.45) is 0 Å². The Morgan fingerprint density at radius 3 is 2.58 bits per heavy atom. The number of hydrogen-bond donors (Lipinski definition) is 0. The van der Waals surface area contributed by atoms with Crippen molar-refractivity contribution in [3.05, 3.63) is 32.3 Å². The molecule has 19 heavy (non-hydrogen) atoms. The van der Waals surface area contributed by atoms with Crippen LogP contribution in [0.5, 0.6) is 5.75 Å². The van der Waals surface area contributed by atoms with Crippen LogP contribution in [0.2, 0.25) is 0 Å². The van der Waals surface area contributed by atoms with Gasteiger partial charge in [0.15, 0.2) is 11.9 Å². The Labute approximate surface area is 114 Å². The maximum Gasteiger partial charge on any atom is 0.350 e. The molecular weight excluding hydrogens is 332 g/mol. The van der Waals surface area contributed by atoms with Crippen LogP contribution >= 0.6 is 15.9 Å². The lowest BCUT2D eigenvalue weighted by Crippen LogP contribution is -2.25. The molecule has 104 valence electrons. The summed E-state index contributed by atoms with van der Waals surface area (Å²) in [6.07, 6.45) is -1.22. The largest absolute Gasteiger partial charge is 0.471 e. The third-order valence-corrected chi connectivity index (χ3v) is 2.70. The van der Waals surface area contributed by atoms with Crippen LogP contribution in [0.4, 0.5) is 14.5 Å². The minimum Gasteiger partial charge on any atom is -0.471 e. The highest BCUT2D eigenvalue weighted by molar-refractivity contribution is 9.10. The maximum absolute atomic E-state index is 13.4. The van der Waals surface area contributed by atoms with Gasteiger partial charge in [-0.25, -0.2) is 9.18 Å². The molecule has 0 aliphatic carbocycles. The number of nitro groups is 1. The number of nitro benzene ring substituents is 1. The lowest BCUT2D eigenvalue weighted by molar-refractivity contribution is -0.389. The summed E-state index contributed by atoms with van der Waals surface area (Å²) in [5, 5.41) is 10.7. The molecule has 0 N–H and O–H groups in total. The first-order chi connectivity index (χ1) is 8.79. The zero-order valence-corrected chi connectivity index (χ0v) is 11.4. The Hall–Kier alpha value is -1.77. The lowest BCUT2D eigenvalue weighted by Gasteiger charge is -2.14. The third kappa shape index (κ3) is 3.16. The van der Waals surface area contributed by atoms with Crippen LogP contribution in [0.1, 0.15) is 6.92 Å². The van der Waals surface area contributed by atoms with E-state index in [1.165, 1.54) is 6.92 Å². The molecule has 0 saturated carbocycles. The SMILES string of the molecule is COC(=O)[C@@H](C)Oc1c(Br)cc(F)c(F)c1[N+](=O)[O-]. The number of esters is 1. The molecule has 0 aliphatic heterocycles. The minimum absolute atomic E-state index is 0.186. The monoisotopic (exact) mass is 339 g/mol. The highest BCUT2D eigenvalue weighted by Crippen LogP contribution is 2.39. The molecule has 0 fully saturated rings. The van der Waals surface area contributed by atoms with E-state index in [2.05, 4.69) is 20.7 Å². The molecule has 0 aliphatic rings. The zero-order valence-electron chi connectivity index (χ0n) is 9.78. The fourth-order valence-corrected chi connectivity index (χ4v) is 1.71. The standard InChI is InChI=1S/C10H8BrF2NO5/c1-4(10(15)18-2)19-9-5(11)3-6(12)7(13)8(9)14(16)17/h3-4H,1-2H3/t4-/m1/s1. The quantitative estimate of drug-likeness (QED) is 0.364. The van der Waals surface area contributed by atoms with E-state index in [1.807, 2.05) is 0 Å². The number of carbonyl (C=O) groups is 1. The van der Waals surface area contributed by atoms with Crippen molar-refractivity contribution < 1.29 is 28.0 Å². The third-order valence-electron chi connectivity index (χ3n) is 2.11. The second kappa shape index (κ2) is 5.91. The molecule has 1 rings (SSSR count). The average molecular weight is 340 g/mol. The van der Waals surface area contributed by atoms with Gasteiger partial charge in [0.1, 0.15) is 0 Å². The van der Waals surface area contributed by atoms with Crippen LogP contribution in [-0.2, 0) is 9.53 Å². The van der Waals surface area contributed by atoms with Gasteiger partial charge in [0.05, 0.1) is 16.5 Å². The molecule has 1 aromatic carbocycles. The summed E-state index contributed by atoms with van der Waals surface area (Å²) in [5.74, 6) is -4.47. The molecule has 0 saturated heterocycles. The Morgan fingerprint density at radius 2 is 2.11 bits per heavy atom. The Balaban J connectivity index is 3.30. The first-order valence-electron chi connectivity index (χ1n) is 4.86. The first-order valence-corrected chi connectivity index (χ1v) is 5.65. The highest BCUT2D eigenvalue weighted by Gasteiger charge is 2.31. The molecule has 0 amide bonds. The number of halogens is 3. The summed E-state index contributed by atoms with van der Waals surface area (Å²) >= 11 is 2.81. The Morgan fingerprint density at radius 1 is 1.53 bits per heavy atom. The molecule has 0 radical (unpaired) electrons. The van der Waals surface area contributed by atoms with Crippen LogP contribution < -0.4 is 4.74 Å². The van der Waals surface area contributed by atoms with Gasteiger partial charge in [-0.2, -0.15) is 4.39 Å². The highest BCUT2D eigenvalue weighted by atomic mass is 79.9. The molecule has 1 atom stereocenters. The Bertz CT molecular complexity index is 537. The van der Waals surface area contributed by atoms with Gasteiger partial charge in [0, 0.05) is 0 Å². The number of nitrogens with zero attached hydrogens (tertiary/aromatic N) is 1. The van der Waals surface area contributed by atoms with E-state index >= 15 is 0 Å². The second-order valence-electron chi connectivity index (χ2n) is 3.37. The summed E-state index contributed by atoms with van der Waals surface area (Å²) < 4.78 is 35.6. The van der Waals surface area contributed by atoms with Crippen molar-refractivity contribution in [2.75, 3.05) is 7.11 Å². The number of rotatable bonds is 4. The molecule has 6 nitrogen and oxygen atoms in total. The minimum atomic E-state index is -1.67. The smallest absolute Gasteiger partial charge is 0.350 e. The second-order valence-corrected chi connectivity index (χ2v) is 4.23. The molecule has 1 aromatic rings. The number of carbonyl (C=O) groups excluding carboxylic acids is 1. The van der Waals surface area contributed by atoms with E-state index in [0.29, 0.717) is 6.07 Å². The summed E-state index contributed by atoms with van der Waals surface area (Å²) in [7, 11) is 1.09. The number of hydrogen-bond acceptors (Lipinski definition) is 5. The number of benzene rings is 1. The molecule has 9 heteroatoms.